The molecule has 4 rings (SSSR count). The Labute approximate surface area is 157 Å². The molecule has 1 aliphatic heterocycles. The van der Waals surface area contributed by atoms with Crippen molar-refractivity contribution in [3.63, 3.8) is 0 Å². The minimum atomic E-state index is -0.0122. The molecule has 6 heteroatoms. The number of hydrogen-bond acceptors (Lipinski definition) is 3. The van der Waals surface area contributed by atoms with Gasteiger partial charge in [-0.2, -0.15) is 11.3 Å². The Morgan fingerprint density at radius 3 is 2.77 bits per heavy atom. The SMILES string of the molecule is Cc1cc2cc[nH]c2cc1NC(=O)N1CCN(C(C)c2ccsc2)CC1. The molecule has 0 spiro atoms. The second-order valence-corrected chi connectivity index (χ2v) is 7.70. The van der Waals surface area contributed by atoms with Gasteiger partial charge < -0.3 is 15.2 Å². The van der Waals surface area contributed by atoms with Gasteiger partial charge in [0.05, 0.1) is 0 Å². The molecule has 26 heavy (non-hydrogen) atoms. The van der Waals surface area contributed by atoms with Gasteiger partial charge in [0.15, 0.2) is 0 Å². The van der Waals surface area contributed by atoms with Gasteiger partial charge in [-0.1, -0.05) is 0 Å². The van der Waals surface area contributed by atoms with Crippen LogP contribution in [-0.4, -0.2) is 47.0 Å². The molecule has 0 radical (unpaired) electrons. The molecule has 0 saturated carbocycles. The summed E-state index contributed by atoms with van der Waals surface area (Å²) in [6.45, 7) is 7.58. The van der Waals surface area contributed by atoms with Gasteiger partial charge in [-0.05, 0) is 65.4 Å². The molecule has 1 unspecified atom stereocenters. The second kappa shape index (κ2) is 7.13. The topological polar surface area (TPSA) is 51.4 Å². The fourth-order valence-corrected chi connectivity index (χ4v) is 4.33. The third kappa shape index (κ3) is 3.34. The number of nitrogens with one attached hydrogen (secondary N) is 2. The standard InChI is InChI=1S/C20H24N4OS/c1-14-11-16-3-5-21-19(16)12-18(14)22-20(25)24-8-6-23(7-9-24)15(2)17-4-10-26-13-17/h3-5,10-13,15,21H,6-9H2,1-2H3,(H,22,25). The molecule has 3 aromatic rings. The molecular weight excluding hydrogens is 344 g/mol. The number of carbonyl (C=O) groups is 1. The highest BCUT2D eigenvalue weighted by atomic mass is 32.1. The molecule has 0 aliphatic carbocycles. The number of H-pyrrole nitrogens is 1. The van der Waals surface area contributed by atoms with Crippen molar-refractivity contribution < 1.29 is 4.79 Å². The average Bonchev–Trinajstić information content (AvgIpc) is 3.33. The molecule has 1 saturated heterocycles. The maximum absolute atomic E-state index is 12.7. The smallest absolute Gasteiger partial charge is 0.321 e. The fourth-order valence-electron chi connectivity index (χ4n) is 3.58. The van der Waals surface area contributed by atoms with Crippen molar-refractivity contribution in [3.8, 4) is 0 Å². The number of amides is 2. The number of piperazine rings is 1. The summed E-state index contributed by atoms with van der Waals surface area (Å²) in [6.07, 6.45) is 1.92. The van der Waals surface area contributed by atoms with E-state index in [1.807, 2.05) is 30.2 Å². The normalized spacial score (nSPS) is 16.8. The van der Waals surface area contributed by atoms with Gasteiger partial charge in [0, 0.05) is 49.6 Å². The highest BCUT2D eigenvalue weighted by Gasteiger charge is 2.25. The highest BCUT2D eigenvalue weighted by Crippen LogP contribution is 2.25. The molecule has 2 amide bonds. The predicted molar refractivity (Wildman–Crippen MR) is 108 cm³/mol. The van der Waals surface area contributed by atoms with E-state index in [-0.39, 0.29) is 6.03 Å². The molecule has 1 atom stereocenters. The van der Waals surface area contributed by atoms with Gasteiger partial charge in [0.25, 0.3) is 0 Å². The Kier molecular flexibility index (Phi) is 4.70. The number of benzene rings is 1. The highest BCUT2D eigenvalue weighted by molar-refractivity contribution is 7.07. The molecule has 3 heterocycles. The lowest BCUT2D eigenvalue weighted by molar-refractivity contribution is 0.119. The molecule has 1 aromatic carbocycles. The van der Waals surface area contributed by atoms with Crippen molar-refractivity contribution >= 4 is 34.0 Å². The average molecular weight is 369 g/mol. The van der Waals surface area contributed by atoms with E-state index in [4.69, 9.17) is 0 Å². The van der Waals surface area contributed by atoms with E-state index >= 15 is 0 Å². The number of fused-ring (bicyclic) bond motifs is 1. The van der Waals surface area contributed by atoms with Crippen molar-refractivity contribution in [2.24, 2.45) is 0 Å². The quantitative estimate of drug-likeness (QED) is 0.718. The van der Waals surface area contributed by atoms with E-state index in [0.29, 0.717) is 6.04 Å². The Morgan fingerprint density at radius 2 is 2.04 bits per heavy atom. The largest absolute Gasteiger partial charge is 0.361 e. The zero-order valence-corrected chi connectivity index (χ0v) is 16.0. The molecule has 5 nitrogen and oxygen atoms in total. The van der Waals surface area contributed by atoms with Crippen LogP contribution in [0.25, 0.3) is 10.9 Å². The molecule has 2 aromatic heterocycles. The number of aromatic amines is 1. The Hall–Kier alpha value is -2.31. The van der Waals surface area contributed by atoms with Crippen LogP contribution in [0.2, 0.25) is 0 Å². The Balaban J connectivity index is 1.38. The summed E-state index contributed by atoms with van der Waals surface area (Å²) in [6, 6.07) is 8.74. The molecule has 1 aliphatic rings. The van der Waals surface area contributed by atoms with Gasteiger partial charge >= 0.3 is 6.03 Å². The number of thiophene rings is 1. The number of aromatic nitrogens is 1. The minimum absolute atomic E-state index is 0.0122. The number of urea groups is 1. The predicted octanol–water partition coefficient (Wildman–Crippen LogP) is 4.45. The van der Waals surface area contributed by atoms with Crippen LogP contribution in [0, 0.1) is 6.92 Å². The minimum Gasteiger partial charge on any atom is -0.361 e. The first-order valence-corrected chi connectivity index (χ1v) is 9.96. The van der Waals surface area contributed by atoms with Gasteiger partial charge in [0.1, 0.15) is 0 Å². The first kappa shape index (κ1) is 17.1. The maximum atomic E-state index is 12.7. The Bertz CT molecular complexity index is 894. The Morgan fingerprint density at radius 1 is 1.23 bits per heavy atom. The number of carbonyl (C=O) groups excluding carboxylic acids is 1. The van der Waals surface area contributed by atoms with Gasteiger partial charge in [-0.3, -0.25) is 4.90 Å². The van der Waals surface area contributed by atoms with Crippen LogP contribution < -0.4 is 5.32 Å². The summed E-state index contributed by atoms with van der Waals surface area (Å²) >= 11 is 1.74. The van der Waals surface area contributed by atoms with Gasteiger partial charge in [0.2, 0.25) is 0 Å². The second-order valence-electron chi connectivity index (χ2n) is 6.92. The number of nitrogens with zero attached hydrogens (tertiary/aromatic N) is 2. The molecule has 1 fully saturated rings. The molecular formula is C20H24N4OS. The van der Waals surface area contributed by atoms with Crippen LogP contribution in [-0.2, 0) is 0 Å². The molecule has 136 valence electrons. The fraction of sp³-hybridized carbons (Fsp3) is 0.350. The number of rotatable bonds is 3. The van der Waals surface area contributed by atoms with Crippen LogP contribution in [0.15, 0.2) is 41.2 Å². The zero-order valence-electron chi connectivity index (χ0n) is 15.2. The monoisotopic (exact) mass is 368 g/mol. The summed E-state index contributed by atoms with van der Waals surface area (Å²) < 4.78 is 0. The van der Waals surface area contributed by atoms with Crippen molar-refractivity contribution in [2.75, 3.05) is 31.5 Å². The van der Waals surface area contributed by atoms with E-state index in [1.54, 1.807) is 11.3 Å². The van der Waals surface area contributed by atoms with Crippen LogP contribution >= 0.6 is 11.3 Å². The van der Waals surface area contributed by atoms with E-state index in [9.17, 15) is 4.79 Å². The van der Waals surface area contributed by atoms with E-state index in [1.165, 1.54) is 5.56 Å². The third-order valence-corrected chi connectivity index (χ3v) is 6.02. The van der Waals surface area contributed by atoms with Crippen LogP contribution in [0.5, 0.6) is 0 Å². The van der Waals surface area contributed by atoms with Gasteiger partial charge in [-0.15, -0.1) is 0 Å². The first-order chi connectivity index (χ1) is 12.6. The lowest BCUT2D eigenvalue weighted by Crippen LogP contribution is -2.50. The van der Waals surface area contributed by atoms with Crippen LogP contribution in [0.3, 0.4) is 0 Å². The first-order valence-electron chi connectivity index (χ1n) is 9.01. The summed E-state index contributed by atoms with van der Waals surface area (Å²) in [4.78, 5) is 20.2. The van der Waals surface area contributed by atoms with E-state index < -0.39 is 0 Å². The number of aryl methyl sites for hydroxylation is 1. The van der Waals surface area contributed by atoms with Crippen LogP contribution in [0.1, 0.15) is 24.1 Å². The lowest BCUT2D eigenvalue weighted by atomic mass is 10.1. The molecule has 0 bridgehead atoms. The van der Waals surface area contributed by atoms with Gasteiger partial charge in [-0.25, -0.2) is 4.79 Å². The number of hydrogen-bond donors (Lipinski definition) is 2. The third-order valence-electron chi connectivity index (χ3n) is 5.31. The maximum Gasteiger partial charge on any atom is 0.321 e. The summed E-state index contributed by atoms with van der Waals surface area (Å²) in [5.41, 5.74) is 4.36. The summed E-state index contributed by atoms with van der Waals surface area (Å²) in [5.74, 6) is 0. The van der Waals surface area contributed by atoms with Crippen molar-refractivity contribution in [1.29, 1.82) is 0 Å². The van der Waals surface area contributed by atoms with E-state index in [0.717, 1.165) is 48.3 Å². The number of anilines is 1. The van der Waals surface area contributed by atoms with Crippen molar-refractivity contribution in [3.05, 3.63) is 52.3 Å². The lowest BCUT2D eigenvalue weighted by Gasteiger charge is -2.38. The van der Waals surface area contributed by atoms with Crippen LogP contribution in [0.4, 0.5) is 10.5 Å². The zero-order chi connectivity index (χ0) is 18.1. The molecule has 2 N–H and O–H groups in total. The summed E-state index contributed by atoms with van der Waals surface area (Å²) in [7, 11) is 0. The summed E-state index contributed by atoms with van der Waals surface area (Å²) in [5, 5.41) is 8.58. The van der Waals surface area contributed by atoms with Crippen molar-refractivity contribution in [1.82, 2.24) is 14.8 Å². The van der Waals surface area contributed by atoms with E-state index in [2.05, 4.69) is 45.0 Å². The van der Waals surface area contributed by atoms with Crippen molar-refractivity contribution in [2.45, 2.75) is 19.9 Å².